The van der Waals surface area contributed by atoms with Gasteiger partial charge in [0.25, 0.3) is 11.1 Å². The highest BCUT2D eigenvalue weighted by atomic mass is 79.9. The molecule has 3 aromatic heterocycles. The number of nitrogens with two attached hydrogens (primary N) is 1. The lowest BCUT2D eigenvalue weighted by Gasteiger charge is -2.27. The third-order valence-electron chi connectivity index (χ3n) is 16.1. The van der Waals surface area contributed by atoms with Crippen LogP contribution >= 0.6 is 15.9 Å². The van der Waals surface area contributed by atoms with E-state index < -0.39 is 65.6 Å². The number of carboxylic acid groups (broad SMARTS) is 1. The van der Waals surface area contributed by atoms with Gasteiger partial charge in [-0.05, 0) is 134 Å². The maximum atomic E-state index is 12.8. The van der Waals surface area contributed by atoms with Crippen LogP contribution in [0.4, 0.5) is 9.59 Å². The van der Waals surface area contributed by atoms with Gasteiger partial charge in [0.15, 0.2) is 5.82 Å². The monoisotopic (exact) mass is 1560 g/mol. The van der Waals surface area contributed by atoms with Gasteiger partial charge in [-0.1, -0.05) is 190 Å². The Morgan fingerprint density at radius 3 is 1.30 bits per heavy atom. The molecule has 2 amide bonds. The van der Waals surface area contributed by atoms with Gasteiger partial charge < -0.3 is 49.6 Å². The molecule has 24 nitrogen and oxygen atoms in total. The second-order valence-electron chi connectivity index (χ2n) is 27.1. The number of aromatic carboxylic acids is 1. The molecule has 0 bridgehead atoms. The van der Waals surface area contributed by atoms with Gasteiger partial charge in [-0.15, -0.1) is 0 Å². The summed E-state index contributed by atoms with van der Waals surface area (Å²) in [6.45, 7) is 18.6. The predicted octanol–water partition coefficient (Wildman–Crippen LogP) is 16.2. The molecule has 2 aliphatic heterocycles. The quantitative estimate of drug-likeness (QED) is 0.0338. The molecule has 25 heteroatoms. The number of benzene rings is 8. The van der Waals surface area contributed by atoms with Crippen LogP contribution in [0, 0.1) is 33.1 Å². The van der Waals surface area contributed by atoms with E-state index in [-0.39, 0.29) is 65.2 Å². The summed E-state index contributed by atoms with van der Waals surface area (Å²) in [5, 5.41) is 27.2. The van der Waals surface area contributed by atoms with E-state index >= 15 is 0 Å². The van der Waals surface area contributed by atoms with Crippen LogP contribution in [0.1, 0.15) is 115 Å². The number of aliphatic hydroxyl groups excluding tert-OH is 1. The van der Waals surface area contributed by atoms with E-state index in [0.29, 0.717) is 44.2 Å². The lowest BCUT2D eigenvalue weighted by molar-refractivity contribution is -0.146. The number of esters is 2. The fraction of sp³-hybridized carbons (Fsp3) is 0.294. The van der Waals surface area contributed by atoms with E-state index in [1.54, 1.807) is 53.7 Å². The summed E-state index contributed by atoms with van der Waals surface area (Å²) in [6.07, 6.45) is -1.92. The van der Waals surface area contributed by atoms with Gasteiger partial charge in [-0.2, -0.15) is 4.98 Å². The number of fused-ring (bicyclic) bond motifs is 3. The molecule has 0 saturated carbocycles. The number of carbonyl (C=O) groups excluding carboxylic acids is 4. The Labute approximate surface area is 649 Å². The highest BCUT2D eigenvalue weighted by Gasteiger charge is 2.44. The fourth-order valence-corrected chi connectivity index (χ4v) is 11.4. The number of methoxy groups -OCH3 is 2. The molecule has 0 spiro atoms. The number of β-amino-alcohol motifs (C(OH)–C–C–N with tert-alkyl or cyclic N) is 1. The van der Waals surface area contributed by atoms with Crippen molar-refractivity contribution in [1.82, 2.24) is 39.7 Å². The zero-order valence-corrected chi connectivity index (χ0v) is 63.1. The lowest BCUT2D eigenvalue weighted by atomic mass is 10.1. The minimum absolute atomic E-state index is 0. The number of aliphatic hydroxyl groups is 1. The van der Waals surface area contributed by atoms with Crippen molar-refractivity contribution >= 4 is 84.6 Å². The minimum atomic E-state index is -0.902. The first kappa shape index (κ1) is 88.7. The number of carboxylic acids is 1. The molecule has 8 aromatic carbocycles. The Morgan fingerprint density at radius 1 is 0.518 bits per heavy atom. The third kappa shape index (κ3) is 25.1. The van der Waals surface area contributed by atoms with Crippen molar-refractivity contribution < 1.29 is 57.9 Å². The fourth-order valence-electron chi connectivity index (χ4n) is 11.0. The molecule has 0 aliphatic carbocycles. The third-order valence-corrected chi connectivity index (χ3v) is 16.8. The second-order valence-corrected chi connectivity index (χ2v) is 28.0. The Morgan fingerprint density at radius 2 is 0.900 bits per heavy atom. The summed E-state index contributed by atoms with van der Waals surface area (Å²) in [7, 11) is 2.55. The number of halogens is 1. The molecular weight excluding hydrogens is 1460 g/mol. The number of H-pyrrole nitrogens is 2. The summed E-state index contributed by atoms with van der Waals surface area (Å²) in [4.78, 5) is 110. The number of carbonyl (C=O) groups is 5. The summed E-state index contributed by atoms with van der Waals surface area (Å²) in [5.41, 5.74) is 13.8. The van der Waals surface area contributed by atoms with Crippen molar-refractivity contribution in [3.63, 3.8) is 0 Å². The first-order chi connectivity index (χ1) is 50.8. The molecule has 7 N–H and O–H groups in total. The molecule has 110 heavy (non-hydrogen) atoms. The molecule has 2 aliphatic rings. The zero-order valence-electron chi connectivity index (χ0n) is 61.5. The highest BCUT2D eigenvalue weighted by Crippen LogP contribution is 2.32. The van der Waals surface area contributed by atoms with Crippen molar-refractivity contribution in [2.24, 2.45) is 5.73 Å². The number of aryl methyl sites for hydroxylation is 4. The number of nitrogens with zero attached hydrogens (tertiary/aromatic N) is 6. The Kier molecular flexibility index (Phi) is 32.5. The van der Waals surface area contributed by atoms with Crippen LogP contribution in [-0.4, -0.2) is 149 Å². The lowest BCUT2D eigenvalue weighted by Crippen LogP contribution is -2.44. The van der Waals surface area contributed by atoms with E-state index in [9.17, 15) is 38.7 Å². The standard InChI is InChI=1S/C26H29N3O5.2C15H12N2O.C11H19NO5.C8H7BrO2.C7H8N2.3CH4/c1-16-11-12-20-19(13-16)23(28-22(27-20)17-9-7-6-8-10-17)33-18-14-21(24(30)32-5)29(15-18)25(31)34-26(2,3)4;2*1-10-7-8-13-12(9-10)15(18)17-14(16-13)11-5-3-2-4-6-11;1-11(2,3)17-10(15)12-6-7(13)5-8(12)9(14)16-4;1-5-2-3-7(9)6(4-5)8(10)11;8-7(9)6-4-2-1-3-5-6;;;/h6-13,18,21H,14-15H2,1-5H3;2*2-9H,1H3,(H,16,17,18);7-8,13H,5-6H2,1-4H3;2-4H,1H3,(H,10,11);1-5H,(H3,8,9);3*1H4/t18?,21-;;;7?,8-;;;;;/m0..0...../s1. The molecule has 4 atom stereocenters. The maximum Gasteiger partial charge on any atom is 0.411 e. The number of aromatic amines is 2. The SMILES string of the molecule is C.C.C.COC(=O)[C@@H]1CC(O)CN1C(=O)OC(C)(C)C.COC(=O)[C@@H]1CC(Oc2nc(-c3ccccc3)nc3ccc(C)cc23)CN1C(=O)OC(C)(C)C.Cc1ccc(Br)c(C(=O)O)c1.Cc1ccc2nc(-c3ccccc3)[nH]c(=O)c2c1.Cc1ccc2nc(-c3ccccc3)[nH]c(=O)c2c1.N=C(N)c1ccccc1. The molecule has 580 valence electrons. The molecule has 2 saturated heterocycles. The topological polar surface area (TPSA) is 346 Å². The molecule has 13 rings (SSSR count). The van der Waals surface area contributed by atoms with E-state index in [4.69, 9.17) is 45.2 Å². The van der Waals surface area contributed by atoms with Gasteiger partial charge in [0.1, 0.15) is 46.9 Å². The van der Waals surface area contributed by atoms with Gasteiger partial charge >= 0.3 is 30.1 Å². The van der Waals surface area contributed by atoms with E-state index in [1.807, 2.05) is 210 Å². The smallest absolute Gasteiger partial charge is 0.411 e. The van der Waals surface area contributed by atoms with Crippen LogP contribution in [0.25, 0.3) is 66.9 Å². The number of likely N-dealkylation sites (tertiary alicyclic amines) is 2. The molecule has 5 heterocycles. The average molecular weight is 1560 g/mol. The highest BCUT2D eigenvalue weighted by molar-refractivity contribution is 9.10. The van der Waals surface area contributed by atoms with Crippen LogP contribution < -0.4 is 21.6 Å². The number of aromatic nitrogens is 6. The normalized spacial score (nSPS) is 14.6. The number of rotatable bonds is 9. The van der Waals surface area contributed by atoms with Crippen LogP contribution in [-0.2, 0) is 28.5 Å². The Bertz CT molecular complexity index is 4940. The molecule has 2 fully saturated rings. The van der Waals surface area contributed by atoms with Gasteiger partial charge in [0.2, 0.25) is 5.88 Å². The number of ether oxygens (including phenoxy) is 5. The summed E-state index contributed by atoms with van der Waals surface area (Å²) in [6, 6.07) is 59.1. The Balaban J connectivity index is 0.000000248. The largest absolute Gasteiger partial charge is 0.478 e. The number of hydrogen-bond donors (Lipinski definition) is 6. The Hall–Kier alpha value is -12.0. The van der Waals surface area contributed by atoms with Crippen molar-refractivity contribution in [2.45, 2.75) is 140 Å². The van der Waals surface area contributed by atoms with Crippen molar-refractivity contribution in [3.05, 3.63) is 253 Å². The van der Waals surface area contributed by atoms with E-state index in [1.165, 1.54) is 24.0 Å². The molecule has 11 aromatic rings. The summed E-state index contributed by atoms with van der Waals surface area (Å²) < 4.78 is 27.2. The molecule has 2 unspecified atom stereocenters. The van der Waals surface area contributed by atoms with Crippen molar-refractivity contribution in [2.75, 3.05) is 27.3 Å². The van der Waals surface area contributed by atoms with Gasteiger partial charge in [-0.3, -0.25) is 24.8 Å². The molecule has 0 radical (unpaired) electrons. The maximum absolute atomic E-state index is 12.8. The number of amidine groups is 1. The van der Waals surface area contributed by atoms with Crippen LogP contribution in [0.15, 0.2) is 208 Å². The summed E-state index contributed by atoms with van der Waals surface area (Å²) >= 11 is 3.15. The van der Waals surface area contributed by atoms with Gasteiger partial charge in [-0.25, -0.2) is 38.9 Å². The number of nitrogens with one attached hydrogen (secondary N) is 3. The van der Waals surface area contributed by atoms with Crippen molar-refractivity contribution in [1.29, 1.82) is 5.41 Å². The summed E-state index contributed by atoms with van der Waals surface area (Å²) in [5.74, 6) is 0.341. The first-order valence-corrected chi connectivity index (χ1v) is 34.9. The number of hydrogen-bond acceptors (Lipinski definition) is 18. The molecular formula is C85H99BrN10O14. The first-order valence-electron chi connectivity index (χ1n) is 34.1. The van der Waals surface area contributed by atoms with Gasteiger partial charge in [0, 0.05) is 39.6 Å². The van der Waals surface area contributed by atoms with E-state index in [2.05, 4.69) is 40.6 Å². The van der Waals surface area contributed by atoms with Crippen LogP contribution in [0.2, 0.25) is 0 Å². The van der Waals surface area contributed by atoms with E-state index in [0.717, 1.165) is 66.4 Å². The second kappa shape index (κ2) is 40.3. The van der Waals surface area contributed by atoms with Crippen LogP contribution in [0.5, 0.6) is 5.88 Å². The number of amides is 2. The number of nitrogen functional groups attached to an aromatic ring is 1. The zero-order chi connectivity index (χ0) is 77.9. The predicted molar refractivity (Wildman–Crippen MR) is 435 cm³/mol. The van der Waals surface area contributed by atoms with Crippen LogP contribution in [0.3, 0.4) is 0 Å². The minimum Gasteiger partial charge on any atom is -0.478 e. The van der Waals surface area contributed by atoms with Crippen molar-refractivity contribution in [3.8, 4) is 40.0 Å². The average Bonchev–Trinajstić information content (AvgIpc) is 1.17. The van der Waals surface area contributed by atoms with Gasteiger partial charge in [0.05, 0.1) is 71.7 Å².